The molecule has 96 heavy (non-hydrogen) atoms. The second-order valence-electron chi connectivity index (χ2n) is 29.2. The Kier molecular flexibility index (Phi) is 28.7. The van der Waals surface area contributed by atoms with E-state index >= 15 is 0 Å². The molecule has 4 saturated heterocycles. The predicted octanol–water partition coefficient (Wildman–Crippen LogP) is 9.55. The Morgan fingerprint density at radius 2 is 0.844 bits per heavy atom. The largest absolute Gasteiger partial charge is 0.486 e. The number of carboxylic acid groups (broad SMARTS) is 1. The summed E-state index contributed by atoms with van der Waals surface area (Å²) in [5.74, 6) is 0.451. The van der Waals surface area contributed by atoms with Gasteiger partial charge in [0.05, 0.1) is 18.8 Å². The molecule has 5 aliphatic heterocycles. The van der Waals surface area contributed by atoms with E-state index in [1.165, 1.54) is 10.5 Å². The summed E-state index contributed by atoms with van der Waals surface area (Å²) in [5, 5.41) is 43.8. The summed E-state index contributed by atoms with van der Waals surface area (Å²) in [6.07, 6.45) is 2.75. The number of nitrogens with two attached hydrogens (primary N) is 1. The van der Waals surface area contributed by atoms with Crippen LogP contribution in [0.25, 0.3) is 0 Å². The summed E-state index contributed by atoms with van der Waals surface area (Å²) in [5.41, 5.74) is 3.73. The number of carbonyl (C=O) groups is 7. The highest BCUT2D eigenvalue weighted by Gasteiger charge is 2.45. The van der Waals surface area contributed by atoms with Gasteiger partial charge in [-0.2, -0.15) is 0 Å². The third-order valence-corrected chi connectivity index (χ3v) is 16.6. The Bertz CT molecular complexity index is 2970. The fraction of sp³-hybridized carbons (Fsp3) is 0.643. The van der Waals surface area contributed by atoms with Crippen molar-refractivity contribution in [3.05, 3.63) is 95.6 Å². The van der Waals surface area contributed by atoms with E-state index in [1.54, 1.807) is 47.6 Å². The second-order valence-corrected chi connectivity index (χ2v) is 29.2. The van der Waals surface area contributed by atoms with Gasteiger partial charge in [0.15, 0.2) is 11.5 Å². The molecule has 4 fully saturated rings. The zero-order chi connectivity index (χ0) is 71.2. The minimum Gasteiger partial charge on any atom is -0.486 e. The van der Waals surface area contributed by atoms with Crippen molar-refractivity contribution in [2.24, 2.45) is 11.1 Å². The number of aliphatic hydroxyl groups is 3. The fourth-order valence-corrected chi connectivity index (χ4v) is 10.7. The fourth-order valence-electron chi connectivity index (χ4n) is 10.7. The molecule has 6 amide bonds. The Morgan fingerprint density at radius 1 is 0.469 bits per heavy atom. The van der Waals surface area contributed by atoms with Crippen LogP contribution in [0.15, 0.2) is 78.9 Å². The van der Waals surface area contributed by atoms with Gasteiger partial charge in [0, 0.05) is 64.5 Å². The number of piperidine rings is 4. The molecule has 8 N–H and O–H groups in total. The zero-order valence-corrected chi connectivity index (χ0v) is 58.5. The van der Waals surface area contributed by atoms with Crippen LogP contribution in [0, 0.1) is 5.41 Å². The Labute approximate surface area is 565 Å². The minimum atomic E-state index is -1.47. The van der Waals surface area contributed by atoms with Crippen LogP contribution in [0.3, 0.4) is 0 Å². The number of aryl methyl sites for hydroxylation is 1. The molecule has 536 valence electrons. The summed E-state index contributed by atoms with van der Waals surface area (Å²) in [6.45, 7) is 26.6. The number of hydrogen-bond donors (Lipinski definition) is 7. The van der Waals surface area contributed by atoms with Crippen LogP contribution in [0.1, 0.15) is 158 Å². The van der Waals surface area contributed by atoms with Crippen LogP contribution >= 0.6 is 0 Å². The molecule has 0 aliphatic carbocycles. The van der Waals surface area contributed by atoms with Crippen molar-refractivity contribution in [1.29, 1.82) is 0 Å². The van der Waals surface area contributed by atoms with Gasteiger partial charge in [-0.1, -0.05) is 66.7 Å². The number of nitrogens with one attached hydrogen (secondary N) is 2. The van der Waals surface area contributed by atoms with Crippen molar-refractivity contribution in [2.45, 2.75) is 200 Å². The summed E-state index contributed by atoms with van der Waals surface area (Å²) in [6, 6.07) is 24.5. The molecule has 3 aromatic rings. The highest BCUT2D eigenvalue weighted by Crippen LogP contribution is 2.38. The van der Waals surface area contributed by atoms with Gasteiger partial charge < -0.3 is 94.3 Å². The van der Waals surface area contributed by atoms with Crippen LogP contribution in [0.5, 0.6) is 11.5 Å². The highest BCUT2D eigenvalue weighted by molar-refractivity contribution is 5.85. The number of carbonyl (C=O) groups excluding carboxylic acids is 6. The maximum atomic E-state index is 12.2. The Balaban J connectivity index is 0.000000235. The average molecular weight is 1350 g/mol. The Hall–Kier alpha value is -7.81. The van der Waals surface area contributed by atoms with E-state index in [4.69, 9.17) is 48.7 Å². The summed E-state index contributed by atoms with van der Waals surface area (Å²) in [7, 11) is 0. The van der Waals surface area contributed by atoms with Crippen molar-refractivity contribution in [2.75, 3.05) is 85.4 Å². The third kappa shape index (κ3) is 26.7. The molecule has 0 radical (unpaired) electrons. The molecule has 0 aromatic heterocycles. The molecule has 5 heterocycles. The lowest BCUT2D eigenvalue weighted by atomic mass is 9.75. The molecule has 26 nitrogen and oxygen atoms in total. The zero-order valence-electron chi connectivity index (χ0n) is 58.5. The van der Waals surface area contributed by atoms with Gasteiger partial charge in [-0.15, -0.1) is 0 Å². The maximum Gasteiger partial charge on any atom is 0.410 e. The molecule has 3 aromatic carbocycles. The molecule has 0 bridgehead atoms. The van der Waals surface area contributed by atoms with Crippen LogP contribution < -0.4 is 25.8 Å². The maximum absolute atomic E-state index is 12.2. The van der Waals surface area contributed by atoms with E-state index in [-0.39, 0.29) is 82.7 Å². The Morgan fingerprint density at radius 3 is 1.22 bits per heavy atom. The lowest BCUT2D eigenvalue weighted by molar-refractivity contribution is -0.146. The number of hydrogen-bond acceptors (Lipinski definition) is 19. The molecular formula is C70H107N7O19. The number of fused-ring (bicyclic) bond motifs is 1. The monoisotopic (exact) mass is 1350 g/mol. The van der Waals surface area contributed by atoms with Gasteiger partial charge in [-0.05, 0) is 182 Å². The van der Waals surface area contributed by atoms with Crippen molar-refractivity contribution in [3.63, 3.8) is 0 Å². The number of amides is 6. The molecule has 0 saturated carbocycles. The van der Waals surface area contributed by atoms with E-state index in [0.29, 0.717) is 78.2 Å². The van der Waals surface area contributed by atoms with Crippen molar-refractivity contribution in [1.82, 2.24) is 30.2 Å². The number of alkyl carbamates (subject to hydrolysis) is 2. The van der Waals surface area contributed by atoms with Gasteiger partial charge in [0.1, 0.15) is 54.4 Å². The topological polar surface area (TPSA) is 337 Å². The summed E-state index contributed by atoms with van der Waals surface area (Å²) < 4.78 is 43.0. The van der Waals surface area contributed by atoms with Gasteiger partial charge in [0.25, 0.3) is 0 Å². The van der Waals surface area contributed by atoms with Crippen LogP contribution in [0.4, 0.5) is 28.8 Å². The highest BCUT2D eigenvalue weighted by atomic mass is 16.6. The first-order chi connectivity index (χ1) is 44.9. The number of nitrogens with zero attached hydrogens (tertiary/aromatic N) is 4. The van der Waals surface area contributed by atoms with Gasteiger partial charge in [-0.3, -0.25) is 0 Å². The van der Waals surface area contributed by atoms with Gasteiger partial charge >= 0.3 is 42.5 Å². The first kappa shape index (κ1) is 78.9. The normalized spacial score (nSPS) is 17.9. The van der Waals surface area contributed by atoms with E-state index < -0.39 is 63.3 Å². The van der Waals surface area contributed by atoms with Gasteiger partial charge in [0.2, 0.25) is 0 Å². The molecule has 0 unspecified atom stereocenters. The smallest absolute Gasteiger partial charge is 0.410 e. The number of ether oxygens (including phenoxy) is 8. The number of rotatable bonds is 13. The average Bonchev–Trinajstić information content (AvgIpc) is 0.833. The van der Waals surface area contributed by atoms with Crippen molar-refractivity contribution < 1.29 is 91.9 Å². The van der Waals surface area contributed by atoms with Crippen LogP contribution in [-0.4, -0.2) is 207 Å². The van der Waals surface area contributed by atoms with Crippen LogP contribution in [-0.2, 0) is 52.9 Å². The lowest BCUT2D eigenvalue weighted by Gasteiger charge is -2.41. The number of benzene rings is 3. The van der Waals surface area contributed by atoms with Crippen molar-refractivity contribution >= 4 is 42.5 Å². The molecule has 8 rings (SSSR count). The van der Waals surface area contributed by atoms with E-state index in [2.05, 4.69) is 16.7 Å². The molecular weight excluding hydrogens is 1240 g/mol. The number of likely N-dealkylation sites (tertiary alicyclic amines) is 4. The molecule has 5 aliphatic rings. The standard InChI is InChI=1S/C21H31NO5.C19H26N2O6.C19H28N2O5.C11H22N2O3/c1-20(2,3)27-19(24)22-10-8-21(15-23,9-11-22)7-6-16-4-5-17-18(14-16)26-13-12-25-17;1-18(2,3)27-17(25)21-11-9-19(10-12-21,15(22)23)20-16(24)26-13-14-7-5-4-6-8-14;1-18(2,3)26-17(24)21-11-9-19(14-22,10-12-21)20-16(23)25-13-15-7-5-4-6-8-15;1-10(2,3)16-9(15)13-6-4-11(12,8-14)5-7-13/h4-5,14,23H,6-13,15H2,1-3H3;4-8H,9-13H2,1-3H3,(H,20,24)(H,22,23);4-8,22H,9-14H2,1-3H3,(H,20,23);14H,4-8,12H2,1-3H3. The predicted molar refractivity (Wildman–Crippen MR) is 357 cm³/mol. The molecule has 0 atom stereocenters. The summed E-state index contributed by atoms with van der Waals surface area (Å²) in [4.78, 5) is 90.6. The number of carboxylic acids is 1. The summed E-state index contributed by atoms with van der Waals surface area (Å²) >= 11 is 0. The van der Waals surface area contributed by atoms with Gasteiger partial charge in [-0.25, -0.2) is 33.6 Å². The van der Waals surface area contributed by atoms with E-state index in [1.807, 2.05) is 123 Å². The van der Waals surface area contributed by atoms with E-state index in [9.17, 15) is 48.9 Å². The molecule has 26 heteroatoms. The third-order valence-electron chi connectivity index (χ3n) is 16.6. The quantitative estimate of drug-likeness (QED) is 0.0783. The first-order valence-corrected chi connectivity index (χ1v) is 33.0. The first-order valence-electron chi connectivity index (χ1n) is 33.0. The SMILES string of the molecule is CC(C)(C)OC(=O)N1CCC(CO)(CCc2ccc3c(c2)OCCO3)CC1.CC(C)(C)OC(=O)N1CCC(CO)(NC(=O)OCc2ccccc2)CC1.CC(C)(C)OC(=O)N1CCC(N)(CO)CC1.CC(C)(C)OC(=O)N1CCC(NC(=O)OCc2ccccc2)(C(=O)O)CC1. The van der Waals surface area contributed by atoms with Crippen LogP contribution in [0.2, 0.25) is 0 Å². The van der Waals surface area contributed by atoms with Crippen molar-refractivity contribution in [3.8, 4) is 11.5 Å². The lowest BCUT2D eigenvalue weighted by Crippen LogP contribution is -2.61. The minimum absolute atomic E-state index is 0.0326. The second kappa shape index (κ2) is 34.9. The number of aliphatic hydroxyl groups excluding tert-OH is 3. The number of aliphatic carboxylic acids is 1. The molecule has 0 spiro atoms. The van der Waals surface area contributed by atoms with E-state index in [0.717, 1.165) is 48.3 Å².